The molecule has 1 aliphatic carbocycles. The summed E-state index contributed by atoms with van der Waals surface area (Å²) in [5.41, 5.74) is 2.06. The molecular formula is C24H22N2O4S. The number of amides is 1. The van der Waals surface area contributed by atoms with Gasteiger partial charge in [-0.3, -0.25) is 9.52 Å². The summed E-state index contributed by atoms with van der Waals surface area (Å²) >= 11 is 0. The van der Waals surface area contributed by atoms with Crippen molar-refractivity contribution in [2.24, 2.45) is 5.92 Å². The summed E-state index contributed by atoms with van der Waals surface area (Å²) in [4.78, 5) is 14.4. The zero-order valence-corrected chi connectivity index (χ0v) is 17.6. The predicted molar refractivity (Wildman–Crippen MR) is 119 cm³/mol. The van der Waals surface area contributed by atoms with Gasteiger partial charge in [0.05, 0.1) is 10.6 Å². The number of nitrogens with zero attached hydrogens (tertiary/aromatic N) is 1. The van der Waals surface area contributed by atoms with Gasteiger partial charge in [0.1, 0.15) is 5.75 Å². The lowest BCUT2D eigenvalue weighted by Crippen LogP contribution is -2.30. The fourth-order valence-corrected chi connectivity index (χ4v) is 4.90. The lowest BCUT2D eigenvalue weighted by Gasteiger charge is -2.17. The van der Waals surface area contributed by atoms with Gasteiger partial charge in [-0.1, -0.05) is 30.3 Å². The van der Waals surface area contributed by atoms with E-state index in [4.69, 9.17) is 4.74 Å². The molecule has 0 spiro atoms. The summed E-state index contributed by atoms with van der Waals surface area (Å²) in [5.74, 6) is 1.32. The Balaban J connectivity index is 1.39. The zero-order valence-electron chi connectivity index (χ0n) is 16.8. The maximum atomic E-state index is 13.1. The molecule has 1 saturated carbocycles. The first kappa shape index (κ1) is 19.6. The highest BCUT2D eigenvalue weighted by Crippen LogP contribution is 2.37. The number of hydrogen-bond donors (Lipinski definition) is 1. The zero-order chi connectivity index (χ0) is 21.4. The first-order valence-corrected chi connectivity index (χ1v) is 11.8. The highest BCUT2D eigenvalue weighted by molar-refractivity contribution is 7.92. The van der Waals surface area contributed by atoms with E-state index in [-0.39, 0.29) is 16.7 Å². The van der Waals surface area contributed by atoms with Crippen molar-refractivity contribution in [2.45, 2.75) is 24.2 Å². The van der Waals surface area contributed by atoms with E-state index in [1.165, 1.54) is 0 Å². The Hall–Kier alpha value is -3.32. The van der Waals surface area contributed by atoms with Crippen LogP contribution in [0.25, 0.3) is 0 Å². The van der Waals surface area contributed by atoms with Gasteiger partial charge in [0.2, 0.25) is 5.91 Å². The molecule has 0 radical (unpaired) electrons. The lowest BCUT2D eigenvalue weighted by molar-refractivity contribution is -0.119. The Morgan fingerprint density at radius 3 is 2.48 bits per heavy atom. The fraction of sp³-hybridized carbons (Fsp3) is 0.208. The molecule has 31 heavy (non-hydrogen) atoms. The van der Waals surface area contributed by atoms with Gasteiger partial charge in [0.15, 0.2) is 5.75 Å². The van der Waals surface area contributed by atoms with Crippen LogP contribution in [0.15, 0.2) is 77.7 Å². The van der Waals surface area contributed by atoms with Gasteiger partial charge in [-0.2, -0.15) is 0 Å². The first-order valence-electron chi connectivity index (χ1n) is 10.3. The average molecular weight is 435 g/mol. The smallest absolute Gasteiger partial charge is 0.262 e. The number of sulfonamides is 1. The molecule has 3 aromatic rings. The van der Waals surface area contributed by atoms with E-state index >= 15 is 0 Å². The van der Waals surface area contributed by atoms with Crippen molar-refractivity contribution in [1.29, 1.82) is 0 Å². The van der Waals surface area contributed by atoms with Gasteiger partial charge < -0.3 is 9.64 Å². The van der Waals surface area contributed by atoms with Gasteiger partial charge in [0.25, 0.3) is 10.0 Å². The van der Waals surface area contributed by atoms with Gasteiger partial charge in [-0.15, -0.1) is 0 Å². The first-order chi connectivity index (χ1) is 15.0. The monoisotopic (exact) mass is 434 g/mol. The Morgan fingerprint density at radius 2 is 1.71 bits per heavy atom. The van der Waals surface area contributed by atoms with Crippen molar-refractivity contribution in [2.75, 3.05) is 16.2 Å². The number of para-hydroxylation sites is 3. The largest absolute Gasteiger partial charge is 0.455 e. The summed E-state index contributed by atoms with van der Waals surface area (Å²) < 4.78 is 34.7. The molecule has 1 heterocycles. The fourth-order valence-electron chi connectivity index (χ4n) is 3.78. The third kappa shape index (κ3) is 4.01. The molecule has 0 atom stereocenters. The second kappa shape index (κ2) is 7.74. The van der Waals surface area contributed by atoms with Crippen molar-refractivity contribution in [1.82, 2.24) is 0 Å². The molecule has 0 bridgehead atoms. The minimum absolute atomic E-state index is 0.136. The quantitative estimate of drug-likeness (QED) is 0.616. The minimum Gasteiger partial charge on any atom is -0.455 e. The Bertz CT molecular complexity index is 1240. The van der Waals surface area contributed by atoms with Crippen LogP contribution >= 0.6 is 0 Å². The Morgan fingerprint density at radius 1 is 0.968 bits per heavy atom. The van der Waals surface area contributed by atoms with E-state index in [9.17, 15) is 13.2 Å². The molecule has 158 valence electrons. The van der Waals surface area contributed by atoms with E-state index < -0.39 is 10.0 Å². The number of fused-ring (bicyclic) bond motifs is 1. The summed E-state index contributed by atoms with van der Waals surface area (Å²) in [6.45, 7) is 0.606. The summed E-state index contributed by atoms with van der Waals surface area (Å²) in [5, 5.41) is 0. The molecule has 1 fully saturated rings. The van der Waals surface area contributed by atoms with Crippen molar-refractivity contribution in [3.8, 4) is 11.5 Å². The molecule has 1 amide bonds. The van der Waals surface area contributed by atoms with Crippen LogP contribution in [0.1, 0.15) is 18.4 Å². The number of benzene rings is 3. The van der Waals surface area contributed by atoms with Gasteiger partial charge in [-0.05, 0) is 67.3 Å². The molecule has 3 aromatic carbocycles. The van der Waals surface area contributed by atoms with E-state index in [2.05, 4.69) is 4.72 Å². The number of carbonyl (C=O) groups is 1. The SMILES string of the molecule is O=C(C1CC1)N1CCc2cc(S(=O)(=O)Nc3ccccc3Oc3ccccc3)ccc21. The number of hydrogen-bond acceptors (Lipinski definition) is 4. The molecule has 6 nitrogen and oxygen atoms in total. The van der Waals surface area contributed by atoms with Gasteiger partial charge >= 0.3 is 0 Å². The van der Waals surface area contributed by atoms with E-state index in [1.54, 1.807) is 59.5 Å². The van der Waals surface area contributed by atoms with Crippen molar-refractivity contribution < 1.29 is 17.9 Å². The highest BCUT2D eigenvalue weighted by atomic mass is 32.2. The molecule has 1 aliphatic heterocycles. The van der Waals surface area contributed by atoms with Crippen LogP contribution in [0, 0.1) is 5.92 Å². The number of ether oxygens (including phenoxy) is 1. The van der Waals surface area contributed by atoms with E-state index in [0.717, 1.165) is 24.1 Å². The molecule has 5 rings (SSSR count). The maximum Gasteiger partial charge on any atom is 0.262 e. The van der Waals surface area contributed by atoms with Crippen LogP contribution in [-0.4, -0.2) is 20.9 Å². The van der Waals surface area contributed by atoms with Crippen LogP contribution in [0.3, 0.4) is 0 Å². The lowest BCUT2D eigenvalue weighted by atomic mass is 10.2. The second-order valence-electron chi connectivity index (χ2n) is 7.82. The van der Waals surface area contributed by atoms with Crippen LogP contribution in [0.5, 0.6) is 11.5 Å². The van der Waals surface area contributed by atoms with Crippen LogP contribution in [0.4, 0.5) is 11.4 Å². The molecule has 2 aliphatic rings. The summed E-state index contributed by atoms with van der Waals surface area (Å²) in [6.07, 6.45) is 2.56. The third-order valence-corrected chi connectivity index (χ3v) is 6.91. The van der Waals surface area contributed by atoms with Gasteiger partial charge in [-0.25, -0.2) is 8.42 Å². The predicted octanol–water partition coefficient (Wildman–Crippen LogP) is 4.58. The molecule has 0 saturated heterocycles. The van der Waals surface area contributed by atoms with Crippen LogP contribution < -0.4 is 14.4 Å². The summed E-state index contributed by atoms with van der Waals surface area (Å²) in [6, 6.07) is 21.1. The molecule has 7 heteroatoms. The average Bonchev–Trinajstić information content (AvgIpc) is 3.54. The standard InChI is InChI=1S/C24H22N2O4S/c27-24(17-10-11-17)26-15-14-18-16-20(12-13-22(18)26)31(28,29)25-21-8-4-5-9-23(21)30-19-6-2-1-3-7-19/h1-9,12-13,16-17,25H,10-11,14-15H2. The molecule has 0 aromatic heterocycles. The van der Waals surface area contributed by atoms with Crippen LogP contribution in [-0.2, 0) is 21.2 Å². The summed E-state index contributed by atoms with van der Waals surface area (Å²) in [7, 11) is -3.82. The molecule has 1 N–H and O–H groups in total. The number of nitrogens with one attached hydrogen (secondary N) is 1. The van der Waals surface area contributed by atoms with Crippen molar-refractivity contribution >= 4 is 27.3 Å². The Kier molecular flexibility index (Phi) is 4.90. The number of rotatable bonds is 6. The normalized spacial score (nSPS) is 15.4. The number of anilines is 2. The van der Waals surface area contributed by atoms with Gasteiger partial charge in [0, 0.05) is 18.2 Å². The van der Waals surface area contributed by atoms with Crippen LogP contribution in [0.2, 0.25) is 0 Å². The molecule has 0 unspecified atom stereocenters. The van der Waals surface area contributed by atoms with E-state index in [1.807, 2.05) is 18.2 Å². The third-order valence-electron chi connectivity index (χ3n) is 5.55. The highest BCUT2D eigenvalue weighted by Gasteiger charge is 2.36. The maximum absolute atomic E-state index is 13.1. The Labute approximate surface area is 181 Å². The van der Waals surface area contributed by atoms with Crippen molar-refractivity contribution in [3.63, 3.8) is 0 Å². The van der Waals surface area contributed by atoms with Crippen molar-refractivity contribution in [3.05, 3.63) is 78.4 Å². The molecular weight excluding hydrogens is 412 g/mol. The number of carbonyl (C=O) groups excluding carboxylic acids is 1. The second-order valence-corrected chi connectivity index (χ2v) is 9.50. The minimum atomic E-state index is -3.82. The van der Waals surface area contributed by atoms with E-state index in [0.29, 0.717) is 30.2 Å². The topological polar surface area (TPSA) is 75.7 Å².